The van der Waals surface area contributed by atoms with Crippen LogP contribution in [0.4, 0.5) is 0 Å². The Kier molecular flexibility index (Phi) is 2.71. The maximum Gasteiger partial charge on any atom is 0.311 e. The van der Waals surface area contributed by atoms with Crippen molar-refractivity contribution in [2.75, 3.05) is 13.1 Å². The van der Waals surface area contributed by atoms with Crippen molar-refractivity contribution < 1.29 is 14.7 Å². The van der Waals surface area contributed by atoms with Crippen LogP contribution in [-0.4, -0.2) is 35.0 Å². The highest BCUT2D eigenvalue weighted by molar-refractivity contribution is 5.84. The molecule has 4 heteroatoms. The number of carbonyl (C=O) groups excluding carboxylic acids is 1. The van der Waals surface area contributed by atoms with Gasteiger partial charge in [0.15, 0.2) is 0 Å². The Labute approximate surface area is 102 Å². The number of carboxylic acid groups (broad SMARTS) is 1. The molecule has 2 aliphatic rings. The third-order valence-electron chi connectivity index (χ3n) is 4.23. The second-order valence-electron chi connectivity index (χ2n) is 6.49. The lowest BCUT2D eigenvalue weighted by atomic mass is 9.81. The van der Waals surface area contributed by atoms with Crippen molar-refractivity contribution in [1.29, 1.82) is 0 Å². The maximum absolute atomic E-state index is 12.2. The zero-order valence-electron chi connectivity index (χ0n) is 10.8. The molecule has 0 bridgehead atoms. The molecule has 0 radical (unpaired) electrons. The Balaban J connectivity index is 2.19. The van der Waals surface area contributed by atoms with E-state index in [-0.39, 0.29) is 11.8 Å². The summed E-state index contributed by atoms with van der Waals surface area (Å²) in [5.74, 6) is -0.483. The molecule has 17 heavy (non-hydrogen) atoms. The number of carbonyl (C=O) groups is 2. The van der Waals surface area contributed by atoms with E-state index < -0.39 is 16.8 Å². The molecule has 2 fully saturated rings. The summed E-state index contributed by atoms with van der Waals surface area (Å²) < 4.78 is 0. The van der Waals surface area contributed by atoms with Crippen LogP contribution in [0, 0.1) is 16.7 Å². The first-order chi connectivity index (χ1) is 7.77. The number of hydrogen-bond acceptors (Lipinski definition) is 2. The molecule has 0 spiro atoms. The quantitative estimate of drug-likeness (QED) is 0.758. The molecule has 4 nitrogen and oxygen atoms in total. The average molecular weight is 239 g/mol. The Morgan fingerprint density at radius 2 is 2.00 bits per heavy atom. The van der Waals surface area contributed by atoms with Crippen molar-refractivity contribution in [3.63, 3.8) is 0 Å². The van der Waals surface area contributed by atoms with Crippen molar-refractivity contribution in [3.05, 3.63) is 0 Å². The summed E-state index contributed by atoms with van der Waals surface area (Å²) in [6.45, 7) is 6.69. The van der Waals surface area contributed by atoms with E-state index in [1.165, 1.54) is 0 Å². The summed E-state index contributed by atoms with van der Waals surface area (Å²) in [6, 6.07) is 0. The molecule has 1 heterocycles. The molecule has 1 aliphatic heterocycles. The molecular formula is C13H21NO3. The van der Waals surface area contributed by atoms with Gasteiger partial charge in [0.05, 0.1) is 5.41 Å². The fourth-order valence-corrected chi connectivity index (χ4v) is 3.27. The molecule has 96 valence electrons. The van der Waals surface area contributed by atoms with E-state index in [9.17, 15) is 14.7 Å². The highest BCUT2D eigenvalue weighted by atomic mass is 16.4. The number of aliphatic carboxylic acids is 1. The molecule has 1 aliphatic carbocycles. The van der Waals surface area contributed by atoms with Gasteiger partial charge in [0.1, 0.15) is 0 Å². The fourth-order valence-electron chi connectivity index (χ4n) is 3.27. The van der Waals surface area contributed by atoms with E-state index in [1.807, 2.05) is 20.8 Å². The van der Waals surface area contributed by atoms with E-state index in [0.29, 0.717) is 13.1 Å². The van der Waals surface area contributed by atoms with Crippen molar-refractivity contribution in [2.24, 2.45) is 16.7 Å². The first kappa shape index (κ1) is 12.4. The largest absolute Gasteiger partial charge is 0.481 e. The van der Waals surface area contributed by atoms with Crippen LogP contribution in [0.3, 0.4) is 0 Å². The average Bonchev–Trinajstić information content (AvgIpc) is 2.70. The van der Waals surface area contributed by atoms with E-state index in [0.717, 1.165) is 19.3 Å². The summed E-state index contributed by atoms with van der Waals surface area (Å²) >= 11 is 0. The number of nitrogens with zero attached hydrogens (tertiary/aromatic N) is 1. The minimum Gasteiger partial charge on any atom is -0.481 e. The molecule has 1 saturated heterocycles. The summed E-state index contributed by atoms with van der Waals surface area (Å²) in [6.07, 6.45) is 2.65. The molecule has 0 aromatic rings. The lowest BCUT2D eigenvalue weighted by Gasteiger charge is -2.27. The fraction of sp³-hybridized carbons (Fsp3) is 0.846. The first-order valence-electron chi connectivity index (χ1n) is 6.30. The zero-order chi connectivity index (χ0) is 12.8. The molecule has 1 amide bonds. The third kappa shape index (κ3) is 1.83. The molecule has 0 aromatic carbocycles. The monoisotopic (exact) mass is 239 g/mol. The second kappa shape index (κ2) is 3.72. The van der Waals surface area contributed by atoms with Crippen LogP contribution in [0.5, 0.6) is 0 Å². The van der Waals surface area contributed by atoms with Crippen LogP contribution in [0.1, 0.15) is 40.0 Å². The van der Waals surface area contributed by atoms with Gasteiger partial charge in [-0.1, -0.05) is 27.2 Å². The molecule has 2 rings (SSSR count). The Hall–Kier alpha value is -1.06. The summed E-state index contributed by atoms with van der Waals surface area (Å²) in [5, 5.41) is 9.44. The van der Waals surface area contributed by atoms with Gasteiger partial charge in [-0.05, 0) is 18.8 Å². The van der Waals surface area contributed by atoms with E-state index in [2.05, 4.69) is 0 Å². The van der Waals surface area contributed by atoms with Gasteiger partial charge in [0, 0.05) is 18.5 Å². The second-order valence-corrected chi connectivity index (χ2v) is 6.49. The van der Waals surface area contributed by atoms with Crippen molar-refractivity contribution in [1.82, 2.24) is 4.90 Å². The minimum atomic E-state index is -0.718. The number of amides is 1. The van der Waals surface area contributed by atoms with Crippen molar-refractivity contribution in [3.8, 4) is 0 Å². The Morgan fingerprint density at radius 3 is 2.47 bits per heavy atom. The molecule has 2 atom stereocenters. The van der Waals surface area contributed by atoms with Gasteiger partial charge in [-0.2, -0.15) is 0 Å². The topological polar surface area (TPSA) is 57.6 Å². The van der Waals surface area contributed by atoms with Gasteiger partial charge < -0.3 is 10.0 Å². The Morgan fingerprint density at radius 1 is 1.35 bits per heavy atom. The van der Waals surface area contributed by atoms with Gasteiger partial charge >= 0.3 is 5.97 Å². The van der Waals surface area contributed by atoms with Gasteiger partial charge in [-0.25, -0.2) is 0 Å². The van der Waals surface area contributed by atoms with Crippen molar-refractivity contribution >= 4 is 11.9 Å². The van der Waals surface area contributed by atoms with Gasteiger partial charge in [-0.15, -0.1) is 0 Å². The van der Waals surface area contributed by atoms with Gasteiger partial charge in [0.25, 0.3) is 0 Å². The minimum absolute atomic E-state index is 0.0764. The number of likely N-dealkylation sites (tertiary alicyclic amines) is 1. The lowest BCUT2D eigenvalue weighted by molar-refractivity contribution is -0.150. The van der Waals surface area contributed by atoms with E-state index >= 15 is 0 Å². The molecule has 1 N–H and O–H groups in total. The number of fused-ring (bicyclic) bond motifs is 1. The van der Waals surface area contributed by atoms with Crippen LogP contribution >= 0.6 is 0 Å². The van der Waals surface area contributed by atoms with Crippen LogP contribution in [-0.2, 0) is 9.59 Å². The SMILES string of the molecule is CC(C)(C)C(=O)N1C[C@@H]2CCC[C@@]2(C(=O)O)C1. The van der Waals surface area contributed by atoms with Crippen LogP contribution in [0.15, 0.2) is 0 Å². The predicted molar refractivity (Wildman–Crippen MR) is 63.4 cm³/mol. The van der Waals surface area contributed by atoms with Crippen molar-refractivity contribution in [2.45, 2.75) is 40.0 Å². The highest BCUT2D eigenvalue weighted by Crippen LogP contribution is 2.49. The van der Waals surface area contributed by atoms with Gasteiger partial charge in [0.2, 0.25) is 5.91 Å². The van der Waals surface area contributed by atoms with Crippen LogP contribution in [0.2, 0.25) is 0 Å². The normalized spacial score (nSPS) is 32.6. The standard InChI is InChI=1S/C13H21NO3/c1-12(2,3)10(15)14-7-9-5-4-6-13(9,8-14)11(16)17/h9H,4-8H2,1-3H3,(H,16,17)/t9-,13+/m0/s1. The molecule has 0 aromatic heterocycles. The van der Waals surface area contributed by atoms with Crippen LogP contribution < -0.4 is 0 Å². The predicted octanol–water partition coefficient (Wildman–Crippen LogP) is 1.75. The van der Waals surface area contributed by atoms with E-state index in [4.69, 9.17) is 0 Å². The molecule has 0 unspecified atom stereocenters. The highest BCUT2D eigenvalue weighted by Gasteiger charge is 2.56. The molecule has 1 saturated carbocycles. The first-order valence-corrected chi connectivity index (χ1v) is 6.30. The lowest BCUT2D eigenvalue weighted by Crippen LogP contribution is -2.41. The number of hydrogen-bond donors (Lipinski definition) is 1. The van der Waals surface area contributed by atoms with Crippen LogP contribution in [0.25, 0.3) is 0 Å². The Bertz CT molecular complexity index is 358. The molecular weight excluding hydrogens is 218 g/mol. The third-order valence-corrected chi connectivity index (χ3v) is 4.23. The number of carboxylic acids is 1. The zero-order valence-corrected chi connectivity index (χ0v) is 10.8. The summed E-state index contributed by atoms with van der Waals surface area (Å²) in [5.41, 5.74) is -1.07. The van der Waals surface area contributed by atoms with E-state index in [1.54, 1.807) is 4.90 Å². The maximum atomic E-state index is 12.2. The smallest absolute Gasteiger partial charge is 0.311 e. The number of rotatable bonds is 1. The van der Waals surface area contributed by atoms with Gasteiger partial charge in [-0.3, -0.25) is 9.59 Å². The summed E-state index contributed by atoms with van der Waals surface area (Å²) in [7, 11) is 0. The summed E-state index contributed by atoms with van der Waals surface area (Å²) in [4.78, 5) is 25.4.